The lowest BCUT2D eigenvalue weighted by atomic mass is 10.2. The van der Waals surface area contributed by atoms with Crippen molar-refractivity contribution in [1.82, 2.24) is 5.32 Å². The fourth-order valence-corrected chi connectivity index (χ4v) is 3.14. The van der Waals surface area contributed by atoms with Crippen LogP contribution in [0, 0.1) is 0 Å². The van der Waals surface area contributed by atoms with Crippen molar-refractivity contribution in [3.8, 4) is 0 Å². The number of nitrogens with one attached hydrogen (secondary N) is 1. The monoisotopic (exact) mass is 286 g/mol. The van der Waals surface area contributed by atoms with Gasteiger partial charge in [-0.3, -0.25) is 4.79 Å². The first-order valence-corrected chi connectivity index (χ1v) is 7.23. The van der Waals surface area contributed by atoms with Crippen LogP contribution in [0.25, 0.3) is 0 Å². The molecular formula is C11H11ClN2O3S. The molecule has 5 nitrogen and oxygen atoms in total. The lowest BCUT2D eigenvalue weighted by molar-refractivity contribution is 0.0948. The third-order valence-electron chi connectivity index (χ3n) is 2.48. The zero-order valence-electron chi connectivity index (χ0n) is 9.26. The first-order valence-electron chi connectivity index (χ1n) is 5.14. The van der Waals surface area contributed by atoms with Gasteiger partial charge in [0.2, 0.25) is 0 Å². The number of nitrogens with two attached hydrogens (primary N) is 1. The second-order valence-corrected chi connectivity index (χ2v) is 6.32. The Morgan fingerprint density at radius 2 is 2.17 bits per heavy atom. The SMILES string of the molecule is Nc1ccc(C(=O)NC2C=CS(=O)(=O)C2)c(Cl)c1. The minimum atomic E-state index is -3.19. The minimum Gasteiger partial charge on any atom is -0.399 e. The van der Waals surface area contributed by atoms with E-state index in [1.165, 1.54) is 18.2 Å². The predicted octanol–water partition coefficient (Wildman–Crippen LogP) is 0.963. The van der Waals surface area contributed by atoms with Crippen LogP contribution >= 0.6 is 11.6 Å². The maximum absolute atomic E-state index is 11.9. The Bertz CT molecular complexity index is 625. The van der Waals surface area contributed by atoms with Crippen LogP contribution in [0.4, 0.5) is 5.69 Å². The van der Waals surface area contributed by atoms with Gasteiger partial charge in [-0.1, -0.05) is 11.6 Å². The van der Waals surface area contributed by atoms with Crippen LogP contribution in [-0.4, -0.2) is 26.1 Å². The van der Waals surface area contributed by atoms with E-state index in [1.54, 1.807) is 6.07 Å². The first-order chi connectivity index (χ1) is 8.37. The fraction of sp³-hybridized carbons (Fsp3) is 0.182. The molecule has 1 aliphatic heterocycles. The number of hydrogen-bond donors (Lipinski definition) is 2. The summed E-state index contributed by atoms with van der Waals surface area (Å²) in [5.41, 5.74) is 6.25. The van der Waals surface area contributed by atoms with Crippen LogP contribution in [0.15, 0.2) is 29.7 Å². The van der Waals surface area contributed by atoms with Gasteiger partial charge < -0.3 is 11.1 Å². The highest BCUT2D eigenvalue weighted by Gasteiger charge is 2.24. The highest BCUT2D eigenvalue weighted by atomic mass is 35.5. The molecule has 0 fully saturated rings. The molecule has 3 N–H and O–H groups in total. The molecule has 0 saturated carbocycles. The normalized spacial score (nSPS) is 20.8. The molecule has 1 aromatic carbocycles. The number of benzene rings is 1. The van der Waals surface area contributed by atoms with Crippen molar-refractivity contribution < 1.29 is 13.2 Å². The van der Waals surface area contributed by atoms with Crippen molar-refractivity contribution in [2.45, 2.75) is 6.04 Å². The Balaban J connectivity index is 2.12. The van der Waals surface area contributed by atoms with E-state index < -0.39 is 21.8 Å². The Hall–Kier alpha value is -1.53. The van der Waals surface area contributed by atoms with Crippen LogP contribution in [0.1, 0.15) is 10.4 Å². The van der Waals surface area contributed by atoms with Gasteiger partial charge in [0.15, 0.2) is 9.84 Å². The van der Waals surface area contributed by atoms with Gasteiger partial charge in [0, 0.05) is 11.1 Å². The van der Waals surface area contributed by atoms with Crippen LogP contribution < -0.4 is 11.1 Å². The Morgan fingerprint density at radius 3 is 2.72 bits per heavy atom. The van der Waals surface area contributed by atoms with Crippen LogP contribution in [0.5, 0.6) is 0 Å². The molecule has 0 aliphatic carbocycles. The van der Waals surface area contributed by atoms with Crippen molar-refractivity contribution in [2.75, 3.05) is 11.5 Å². The van der Waals surface area contributed by atoms with E-state index in [2.05, 4.69) is 5.32 Å². The molecule has 1 amide bonds. The molecule has 0 bridgehead atoms. The van der Waals surface area contributed by atoms with Crippen molar-refractivity contribution in [3.63, 3.8) is 0 Å². The summed E-state index contributed by atoms with van der Waals surface area (Å²) in [5.74, 6) is -0.544. The molecule has 0 spiro atoms. The van der Waals surface area contributed by atoms with Crippen molar-refractivity contribution >= 4 is 33.0 Å². The minimum absolute atomic E-state index is 0.120. The summed E-state index contributed by atoms with van der Waals surface area (Å²) >= 11 is 5.89. The number of carbonyl (C=O) groups excluding carboxylic acids is 1. The maximum atomic E-state index is 11.9. The molecule has 1 heterocycles. The van der Waals surface area contributed by atoms with Gasteiger partial charge in [-0.25, -0.2) is 8.42 Å². The largest absolute Gasteiger partial charge is 0.399 e. The summed E-state index contributed by atoms with van der Waals surface area (Å²) in [5, 5.41) is 3.91. The van der Waals surface area contributed by atoms with E-state index in [-0.39, 0.29) is 16.3 Å². The summed E-state index contributed by atoms with van der Waals surface area (Å²) < 4.78 is 22.4. The number of nitrogen functional groups attached to an aromatic ring is 1. The van der Waals surface area contributed by atoms with Crippen molar-refractivity contribution in [3.05, 3.63) is 40.3 Å². The molecule has 7 heteroatoms. The average Bonchev–Trinajstić information content (AvgIpc) is 2.57. The van der Waals surface area contributed by atoms with Crippen LogP contribution in [0.2, 0.25) is 5.02 Å². The van der Waals surface area contributed by atoms with Crippen LogP contribution in [0.3, 0.4) is 0 Å². The summed E-state index contributed by atoms with van der Waals surface area (Å²) in [6.07, 6.45) is 1.44. The Morgan fingerprint density at radius 1 is 1.44 bits per heavy atom. The second kappa shape index (κ2) is 4.62. The molecule has 18 heavy (non-hydrogen) atoms. The van der Waals surface area contributed by atoms with E-state index in [1.807, 2.05) is 0 Å². The Labute approximate surface area is 110 Å². The quantitative estimate of drug-likeness (QED) is 0.793. The van der Waals surface area contributed by atoms with E-state index in [4.69, 9.17) is 17.3 Å². The topological polar surface area (TPSA) is 89.3 Å². The molecule has 0 aromatic heterocycles. The van der Waals surface area contributed by atoms with Crippen molar-refractivity contribution in [1.29, 1.82) is 0 Å². The lowest BCUT2D eigenvalue weighted by Crippen LogP contribution is -2.35. The van der Waals surface area contributed by atoms with E-state index in [9.17, 15) is 13.2 Å². The Kier molecular flexibility index (Phi) is 3.32. The molecule has 1 atom stereocenters. The van der Waals surface area contributed by atoms with Gasteiger partial charge in [0.25, 0.3) is 5.91 Å². The summed E-state index contributed by atoms with van der Waals surface area (Å²) in [6, 6.07) is 4.01. The zero-order chi connectivity index (χ0) is 13.3. The molecular weight excluding hydrogens is 276 g/mol. The number of halogens is 1. The highest BCUT2D eigenvalue weighted by Crippen LogP contribution is 2.19. The third kappa shape index (κ3) is 2.83. The summed E-state index contributed by atoms with van der Waals surface area (Å²) in [4.78, 5) is 11.9. The van der Waals surface area contributed by atoms with E-state index in [0.29, 0.717) is 5.69 Å². The molecule has 1 unspecified atom stereocenters. The lowest BCUT2D eigenvalue weighted by Gasteiger charge is -2.11. The van der Waals surface area contributed by atoms with Crippen molar-refractivity contribution in [2.24, 2.45) is 0 Å². The molecule has 96 valence electrons. The number of anilines is 1. The summed E-state index contributed by atoms with van der Waals surface area (Å²) in [7, 11) is -3.19. The van der Waals surface area contributed by atoms with Gasteiger partial charge in [0.1, 0.15) is 0 Å². The molecule has 0 radical (unpaired) electrons. The van der Waals surface area contributed by atoms with Gasteiger partial charge in [-0.15, -0.1) is 0 Å². The maximum Gasteiger partial charge on any atom is 0.253 e. The second-order valence-electron chi connectivity index (χ2n) is 3.98. The predicted molar refractivity (Wildman–Crippen MR) is 70.0 cm³/mol. The number of amides is 1. The third-order valence-corrected chi connectivity index (χ3v) is 4.19. The molecule has 0 saturated heterocycles. The number of carbonyl (C=O) groups is 1. The molecule has 2 rings (SSSR count). The van der Waals surface area contributed by atoms with Crippen LogP contribution in [-0.2, 0) is 9.84 Å². The first kappa shape index (κ1) is 12.9. The number of hydrogen-bond acceptors (Lipinski definition) is 4. The van der Waals surface area contributed by atoms with Gasteiger partial charge in [0.05, 0.1) is 22.4 Å². The molecule has 1 aromatic rings. The smallest absolute Gasteiger partial charge is 0.253 e. The van der Waals surface area contributed by atoms with E-state index in [0.717, 1.165) is 5.41 Å². The summed E-state index contributed by atoms with van der Waals surface area (Å²) in [6.45, 7) is 0. The highest BCUT2D eigenvalue weighted by molar-refractivity contribution is 7.94. The standard InChI is InChI=1S/C11H11ClN2O3S/c12-10-5-7(13)1-2-9(10)11(15)14-8-3-4-18(16,17)6-8/h1-5,8H,6,13H2,(H,14,15). The van der Waals surface area contributed by atoms with E-state index >= 15 is 0 Å². The van der Waals surface area contributed by atoms with Gasteiger partial charge in [-0.2, -0.15) is 0 Å². The van der Waals surface area contributed by atoms with Gasteiger partial charge in [-0.05, 0) is 24.3 Å². The zero-order valence-corrected chi connectivity index (χ0v) is 10.8. The number of sulfone groups is 1. The molecule has 1 aliphatic rings. The average molecular weight is 287 g/mol. The number of rotatable bonds is 2. The fourth-order valence-electron chi connectivity index (χ4n) is 1.63. The van der Waals surface area contributed by atoms with Gasteiger partial charge >= 0.3 is 0 Å².